The van der Waals surface area contributed by atoms with Crippen LogP contribution >= 0.6 is 0 Å². The second-order valence-corrected chi connectivity index (χ2v) is 6.99. The first kappa shape index (κ1) is 14.1. The molecule has 0 amide bonds. The fourth-order valence-corrected chi connectivity index (χ4v) is 2.93. The summed E-state index contributed by atoms with van der Waals surface area (Å²) in [5.74, 6) is 3.07. The van der Waals surface area contributed by atoms with E-state index < -0.39 is 0 Å². The van der Waals surface area contributed by atoms with Gasteiger partial charge in [0.2, 0.25) is 0 Å². The van der Waals surface area contributed by atoms with Crippen LogP contribution in [0.1, 0.15) is 66.7 Å². The summed E-state index contributed by atoms with van der Waals surface area (Å²) in [6.07, 6.45) is 6.83. The molecule has 0 bridgehead atoms. The maximum Gasteiger partial charge on any atom is 0.487 e. The summed E-state index contributed by atoms with van der Waals surface area (Å²) < 4.78 is 12.0. The Bertz CT molecular complexity index is 311. The summed E-state index contributed by atoms with van der Waals surface area (Å²) >= 11 is 0. The van der Waals surface area contributed by atoms with Crippen molar-refractivity contribution in [3.05, 3.63) is 11.5 Å². The quantitative estimate of drug-likeness (QED) is 0.700. The van der Waals surface area contributed by atoms with Crippen molar-refractivity contribution in [3.63, 3.8) is 0 Å². The van der Waals surface area contributed by atoms with E-state index in [4.69, 9.17) is 9.31 Å². The third kappa shape index (κ3) is 3.00. The van der Waals surface area contributed by atoms with Crippen molar-refractivity contribution in [2.75, 3.05) is 0 Å². The van der Waals surface area contributed by atoms with Gasteiger partial charge in [-0.05, 0) is 47.0 Å². The second kappa shape index (κ2) is 5.01. The SMILES string of the molecule is C/C(=C\B1OC(C)(C)C(C)(C)O1)CC1CCCC1. The minimum atomic E-state index is -0.220. The Morgan fingerprint density at radius 1 is 1.11 bits per heavy atom. The molecular weight excluding hydrogens is 223 g/mol. The van der Waals surface area contributed by atoms with E-state index in [-0.39, 0.29) is 18.3 Å². The van der Waals surface area contributed by atoms with Crippen molar-refractivity contribution in [2.45, 2.75) is 77.9 Å². The van der Waals surface area contributed by atoms with Crippen LogP contribution < -0.4 is 0 Å². The molecular formula is C15H27BO2. The van der Waals surface area contributed by atoms with E-state index in [2.05, 4.69) is 40.6 Å². The first-order chi connectivity index (χ1) is 8.30. The monoisotopic (exact) mass is 250 g/mol. The molecule has 0 unspecified atom stereocenters. The molecule has 2 nitrogen and oxygen atoms in total. The van der Waals surface area contributed by atoms with Gasteiger partial charge in [0.05, 0.1) is 11.2 Å². The van der Waals surface area contributed by atoms with Crippen molar-refractivity contribution >= 4 is 7.12 Å². The Labute approximate surface area is 112 Å². The van der Waals surface area contributed by atoms with Crippen molar-refractivity contribution in [2.24, 2.45) is 5.92 Å². The standard InChI is InChI=1S/C15H27BO2/c1-12(10-13-8-6-7-9-13)11-16-17-14(2,3)15(4,5)18-16/h11,13H,6-10H2,1-5H3/b12-11+. The van der Waals surface area contributed by atoms with Crippen LogP contribution in [0.25, 0.3) is 0 Å². The molecule has 2 fully saturated rings. The normalized spacial score (nSPS) is 28.1. The summed E-state index contributed by atoms with van der Waals surface area (Å²) in [6.45, 7) is 10.6. The molecule has 1 saturated heterocycles. The van der Waals surface area contributed by atoms with E-state index in [1.807, 2.05) is 0 Å². The summed E-state index contributed by atoms with van der Waals surface area (Å²) in [4.78, 5) is 0. The molecule has 102 valence electrons. The van der Waals surface area contributed by atoms with Gasteiger partial charge in [-0.3, -0.25) is 0 Å². The van der Waals surface area contributed by atoms with Crippen LogP contribution in [0.3, 0.4) is 0 Å². The van der Waals surface area contributed by atoms with Gasteiger partial charge in [-0.1, -0.05) is 37.2 Å². The van der Waals surface area contributed by atoms with Crippen LogP contribution in [-0.4, -0.2) is 18.3 Å². The van der Waals surface area contributed by atoms with Gasteiger partial charge in [-0.2, -0.15) is 0 Å². The molecule has 1 heterocycles. The van der Waals surface area contributed by atoms with Gasteiger partial charge >= 0.3 is 7.12 Å². The topological polar surface area (TPSA) is 18.5 Å². The van der Waals surface area contributed by atoms with E-state index >= 15 is 0 Å². The third-order valence-electron chi connectivity index (χ3n) is 4.78. The molecule has 0 N–H and O–H groups in total. The van der Waals surface area contributed by atoms with Gasteiger partial charge in [0.1, 0.15) is 0 Å². The van der Waals surface area contributed by atoms with E-state index in [1.54, 1.807) is 0 Å². The predicted molar refractivity (Wildman–Crippen MR) is 76.4 cm³/mol. The highest BCUT2D eigenvalue weighted by atomic mass is 16.7. The highest BCUT2D eigenvalue weighted by molar-refractivity contribution is 6.51. The van der Waals surface area contributed by atoms with Crippen LogP contribution in [0.5, 0.6) is 0 Å². The number of hydrogen-bond acceptors (Lipinski definition) is 2. The van der Waals surface area contributed by atoms with Crippen molar-refractivity contribution in [1.82, 2.24) is 0 Å². The Kier molecular flexibility index (Phi) is 3.94. The lowest BCUT2D eigenvalue weighted by Gasteiger charge is -2.32. The highest BCUT2D eigenvalue weighted by Gasteiger charge is 2.50. The third-order valence-corrected chi connectivity index (χ3v) is 4.78. The van der Waals surface area contributed by atoms with Gasteiger partial charge in [-0.15, -0.1) is 0 Å². The Morgan fingerprint density at radius 3 is 2.11 bits per heavy atom. The molecule has 0 aromatic rings. The van der Waals surface area contributed by atoms with E-state index in [0.717, 1.165) is 5.92 Å². The van der Waals surface area contributed by atoms with Gasteiger partial charge in [0.15, 0.2) is 0 Å². The van der Waals surface area contributed by atoms with Gasteiger partial charge in [0.25, 0.3) is 0 Å². The number of hydrogen-bond donors (Lipinski definition) is 0. The molecule has 1 saturated carbocycles. The van der Waals surface area contributed by atoms with Gasteiger partial charge in [-0.25, -0.2) is 0 Å². The molecule has 0 aromatic heterocycles. The molecule has 18 heavy (non-hydrogen) atoms. The van der Waals surface area contributed by atoms with Crippen LogP contribution in [0.2, 0.25) is 0 Å². The first-order valence-corrected chi connectivity index (χ1v) is 7.33. The Morgan fingerprint density at radius 2 is 1.61 bits per heavy atom. The van der Waals surface area contributed by atoms with Gasteiger partial charge in [0, 0.05) is 0 Å². The zero-order chi connectivity index (χ0) is 13.4. The average molecular weight is 250 g/mol. The molecule has 0 radical (unpaired) electrons. The molecule has 0 spiro atoms. The minimum absolute atomic E-state index is 0.170. The van der Waals surface area contributed by atoms with E-state index in [1.165, 1.54) is 37.7 Å². The average Bonchev–Trinajstić information content (AvgIpc) is 2.73. The number of rotatable bonds is 3. The predicted octanol–water partition coefficient (Wildman–Crippen LogP) is 4.14. The fourth-order valence-electron chi connectivity index (χ4n) is 2.93. The zero-order valence-electron chi connectivity index (χ0n) is 12.6. The minimum Gasteiger partial charge on any atom is -0.400 e. The molecule has 1 aliphatic carbocycles. The van der Waals surface area contributed by atoms with Gasteiger partial charge < -0.3 is 9.31 Å². The smallest absolute Gasteiger partial charge is 0.400 e. The lowest BCUT2D eigenvalue weighted by Crippen LogP contribution is -2.41. The van der Waals surface area contributed by atoms with Crippen molar-refractivity contribution in [1.29, 1.82) is 0 Å². The largest absolute Gasteiger partial charge is 0.487 e. The van der Waals surface area contributed by atoms with Crippen molar-refractivity contribution < 1.29 is 9.31 Å². The second-order valence-electron chi connectivity index (χ2n) is 6.99. The zero-order valence-corrected chi connectivity index (χ0v) is 12.6. The van der Waals surface area contributed by atoms with Crippen LogP contribution in [0.4, 0.5) is 0 Å². The van der Waals surface area contributed by atoms with E-state index in [9.17, 15) is 0 Å². The summed E-state index contributed by atoms with van der Waals surface area (Å²) in [5, 5.41) is 0. The first-order valence-electron chi connectivity index (χ1n) is 7.33. The van der Waals surface area contributed by atoms with E-state index in [0.29, 0.717) is 0 Å². The molecule has 1 aliphatic heterocycles. The lowest BCUT2D eigenvalue weighted by atomic mass is 9.84. The number of allylic oxidation sites excluding steroid dienone is 1. The van der Waals surface area contributed by atoms with Crippen LogP contribution in [-0.2, 0) is 9.31 Å². The molecule has 2 aliphatic rings. The molecule has 0 aromatic carbocycles. The molecule has 2 rings (SSSR count). The summed E-state index contributed by atoms with van der Waals surface area (Å²) in [6, 6.07) is 0. The van der Waals surface area contributed by atoms with Crippen molar-refractivity contribution in [3.8, 4) is 0 Å². The molecule has 0 atom stereocenters. The van der Waals surface area contributed by atoms with Crippen LogP contribution in [0, 0.1) is 5.92 Å². The lowest BCUT2D eigenvalue weighted by molar-refractivity contribution is 0.00578. The maximum absolute atomic E-state index is 6.00. The summed E-state index contributed by atoms with van der Waals surface area (Å²) in [5.41, 5.74) is 0.976. The Hall–Kier alpha value is -0.275. The summed E-state index contributed by atoms with van der Waals surface area (Å²) in [7, 11) is -0.170. The maximum atomic E-state index is 6.00. The molecule has 3 heteroatoms. The van der Waals surface area contributed by atoms with Crippen LogP contribution in [0.15, 0.2) is 11.5 Å². The Balaban J connectivity index is 1.93. The highest BCUT2D eigenvalue weighted by Crippen LogP contribution is 2.37. The fraction of sp³-hybridized carbons (Fsp3) is 0.867.